The summed E-state index contributed by atoms with van der Waals surface area (Å²) >= 11 is 23.3. The summed E-state index contributed by atoms with van der Waals surface area (Å²) in [6.07, 6.45) is 0. The molecule has 1 aromatic heterocycles. The minimum Gasteiger partial charge on any atom is -0.350 e. The van der Waals surface area contributed by atoms with Crippen molar-refractivity contribution in [1.82, 2.24) is 15.0 Å². The predicted octanol–water partition coefficient (Wildman–Crippen LogP) is 3.54. The fraction of sp³-hybridized carbons (Fsp3) is 0.200. The van der Waals surface area contributed by atoms with Gasteiger partial charge in [-0.1, -0.05) is 76.7 Å². The molecule has 26 heavy (non-hydrogen) atoms. The molecule has 0 aliphatic rings. The Labute approximate surface area is 170 Å². The van der Waals surface area contributed by atoms with Crippen LogP contribution in [0, 0.1) is 0 Å². The Morgan fingerprint density at radius 2 is 1.65 bits per heavy atom. The summed E-state index contributed by atoms with van der Waals surface area (Å²) in [5.41, 5.74) is 0.585. The molecule has 0 saturated carbocycles. The molecule has 0 radical (unpaired) electrons. The third-order valence-corrected chi connectivity index (χ3v) is 6.20. The standard InChI is InChI=1S/C15H13Cl4N3O3S/c16-10-11(17)13(22-14(19)12(10)18)15(23)20-6-7-26(24,25)21-8-9-4-2-1-3-5-9/h1-5,21H,6-8H2,(H,20,23). The number of nitrogens with one attached hydrogen (secondary N) is 2. The molecule has 6 nitrogen and oxygen atoms in total. The zero-order valence-electron chi connectivity index (χ0n) is 13.1. The first-order chi connectivity index (χ1) is 12.2. The summed E-state index contributed by atoms with van der Waals surface area (Å²) in [5.74, 6) is -1.04. The van der Waals surface area contributed by atoms with Crippen molar-refractivity contribution >= 4 is 62.3 Å². The summed E-state index contributed by atoms with van der Waals surface area (Å²) < 4.78 is 26.4. The number of sulfonamides is 1. The number of pyridine rings is 1. The molecule has 2 aromatic rings. The molecule has 1 aromatic carbocycles. The van der Waals surface area contributed by atoms with Crippen LogP contribution in [0.5, 0.6) is 0 Å². The highest BCUT2D eigenvalue weighted by atomic mass is 35.5. The van der Waals surface area contributed by atoms with Gasteiger partial charge in [-0.05, 0) is 5.56 Å². The molecule has 1 amide bonds. The van der Waals surface area contributed by atoms with Gasteiger partial charge in [-0.25, -0.2) is 18.1 Å². The Hall–Kier alpha value is -1.09. The van der Waals surface area contributed by atoms with Crippen molar-refractivity contribution in [3.63, 3.8) is 0 Å². The zero-order chi connectivity index (χ0) is 19.3. The molecule has 0 saturated heterocycles. The van der Waals surface area contributed by atoms with E-state index in [0.717, 1.165) is 5.56 Å². The SMILES string of the molecule is O=C(NCCS(=O)(=O)NCc1ccccc1)c1nc(Cl)c(Cl)c(Cl)c1Cl. The number of carbonyl (C=O) groups excluding carboxylic acids is 1. The van der Waals surface area contributed by atoms with Crippen molar-refractivity contribution < 1.29 is 13.2 Å². The van der Waals surface area contributed by atoms with Crippen molar-refractivity contribution in [2.45, 2.75) is 6.54 Å². The lowest BCUT2D eigenvalue weighted by atomic mass is 10.2. The number of amides is 1. The second-order valence-electron chi connectivity index (χ2n) is 5.07. The number of hydrogen-bond acceptors (Lipinski definition) is 4. The van der Waals surface area contributed by atoms with E-state index in [4.69, 9.17) is 46.4 Å². The largest absolute Gasteiger partial charge is 0.350 e. The molecule has 0 spiro atoms. The highest BCUT2D eigenvalue weighted by Gasteiger charge is 2.20. The van der Waals surface area contributed by atoms with Crippen molar-refractivity contribution in [2.75, 3.05) is 12.3 Å². The maximum atomic E-state index is 12.1. The number of nitrogens with zero attached hydrogens (tertiary/aromatic N) is 1. The van der Waals surface area contributed by atoms with Crippen LogP contribution in [0.4, 0.5) is 0 Å². The van der Waals surface area contributed by atoms with Crippen molar-refractivity contribution in [3.05, 3.63) is 61.8 Å². The first-order valence-electron chi connectivity index (χ1n) is 7.20. The third kappa shape index (κ3) is 5.70. The quantitative estimate of drug-likeness (QED) is 0.623. The molecular weight excluding hydrogens is 444 g/mol. The first-order valence-corrected chi connectivity index (χ1v) is 10.4. The van der Waals surface area contributed by atoms with Crippen LogP contribution in [0.25, 0.3) is 0 Å². The summed E-state index contributed by atoms with van der Waals surface area (Å²) in [7, 11) is -3.58. The van der Waals surface area contributed by atoms with E-state index in [2.05, 4.69) is 15.0 Å². The van der Waals surface area contributed by atoms with E-state index in [1.807, 2.05) is 18.2 Å². The highest BCUT2D eigenvalue weighted by Crippen LogP contribution is 2.35. The average molecular weight is 457 g/mol. The topological polar surface area (TPSA) is 88.2 Å². The van der Waals surface area contributed by atoms with Gasteiger partial charge in [0.2, 0.25) is 10.0 Å². The Kier molecular flexibility index (Phi) is 7.52. The van der Waals surface area contributed by atoms with Gasteiger partial charge in [0.1, 0.15) is 10.8 Å². The summed E-state index contributed by atoms with van der Waals surface area (Å²) in [5, 5.41) is 1.89. The van der Waals surface area contributed by atoms with Crippen molar-refractivity contribution in [1.29, 1.82) is 0 Å². The highest BCUT2D eigenvalue weighted by molar-refractivity contribution is 7.89. The van der Waals surface area contributed by atoms with Crippen LogP contribution >= 0.6 is 46.4 Å². The maximum Gasteiger partial charge on any atom is 0.271 e. The average Bonchev–Trinajstić information content (AvgIpc) is 2.62. The van der Waals surface area contributed by atoms with E-state index in [1.165, 1.54) is 0 Å². The molecule has 2 rings (SSSR count). The first kappa shape index (κ1) is 21.2. The lowest BCUT2D eigenvalue weighted by Crippen LogP contribution is -2.34. The number of hydrogen-bond donors (Lipinski definition) is 2. The van der Waals surface area contributed by atoms with Crippen LogP contribution in [-0.2, 0) is 16.6 Å². The normalized spacial score (nSPS) is 11.4. The maximum absolute atomic E-state index is 12.1. The monoisotopic (exact) mass is 455 g/mol. The van der Waals surface area contributed by atoms with Gasteiger partial charge in [0.15, 0.2) is 0 Å². The zero-order valence-corrected chi connectivity index (χ0v) is 16.9. The Morgan fingerprint density at radius 1 is 1.00 bits per heavy atom. The lowest BCUT2D eigenvalue weighted by Gasteiger charge is -2.10. The van der Waals surface area contributed by atoms with Crippen molar-refractivity contribution in [3.8, 4) is 0 Å². The van der Waals surface area contributed by atoms with Crippen molar-refractivity contribution in [2.24, 2.45) is 0 Å². The third-order valence-electron chi connectivity index (χ3n) is 3.19. The number of aromatic nitrogens is 1. The Bertz CT molecular complexity index is 908. The summed E-state index contributed by atoms with van der Waals surface area (Å²) in [6.45, 7) is 0.00569. The number of rotatable bonds is 7. The molecule has 140 valence electrons. The van der Waals surface area contributed by atoms with Gasteiger partial charge >= 0.3 is 0 Å². The molecule has 0 unspecified atom stereocenters. The van der Waals surface area contributed by atoms with Gasteiger partial charge in [0, 0.05) is 13.1 Å². The smallest absolute Gasteiger partial charge is 0.271 e. The molecule has 1 heterocycles. The number of halogens is 4. The van der Waals surface area contributed by atoms with Gasteiger partial charge < -0.3 is 5.32 Å². The van der Waals surface area contributed by atoms with Gasteiger partial charge in [0.25, 0.3) is 5.91 Å². The lowest BCUT2D eigenvalue weighted by molar-refractivity contribution is 0.0951. The van der Waals surface area contributed by atoms with Crippen LogP contribution < -0.4 is 10.0 Å². The van der Waals surface area contributed by atoms with Crippen LogP contribution in [0.15, 0.2) is 30.3 Å². The molecule has 0 aliphatic heterocycles. The van der Waals surface area contributed by atoms with Crippen LogP contribution in [0.2, 0.25) is 20.2 Å². The van der Waals surface area contributed by atoms with E-state index < -0.39 is 15.9 Å². The summed E-state index contributed by atoms with van der Waals surface area (Å²) in [6, 6.07) is 9.05. The minimum absolute atomic E-state index is 0.0671. The molecule has 0 bridgehead atoms. The second kappa shape index (κ2) is 9.21. The molecular formula is C15H13Cl4N3O3S. The van der Waals surface area contributed by atoms with Crippen LogP contribution in [0.1, 0.15) is 16.1 Å². The van der Waals surface area contributed by atoms with Gasteiger partial charge in [-0.2, -0.15) is 0 Å². The number of carbonyl (C=O) groups is 1. The van der Waals surface area contributed by atoms with Crippen LogP contribution in [0.3, 0.4) is 0 Å². The molecule has 0 atom stereocenters. The second-order valence-corrected chi connectivity index (χ2v) is 8.49. The fourth-order valence-electron chi connectivity index (χ4n) is 1.88. The summed E-state index contributed by atoms with van der Waals surface area (Å²) in [4.78, 5) is 15.9. The van der Waals surface area contributed by atoms with E-state index >= 15 is 0 Å². The molecule has 0 fully saturated rings. The Morgan fingerprint density at radius 3 is 2.31 bits per heavy atom. The Balaban J connectivity index is 1.92. The van der Waals surface area contributed by atoms with Crippen LogP contribution in [-0.4, -0.2) is 31.6 Å². The van der Waals surface area contributed by atoms with E-state index in [1.54, 1.807) is 12.1 Å². The molecule has 11 heteroatoms. The predicted molar refractivity (Wildman–Crippen MR) is 104 cm³/mol. The number of benzene rings is 1. The molecule has 0 aliphatic carbocycles. The molecule has 2 N–H and O–H groups in total. The van der Waals surface area contributed by atoms with E-state index in [9.17, 15) is 13.2 Å². The van der Waals surface area contributed by atoms with E-state index in [0.29, 0.717) is 0 Å². The minimum atomic E-state index is -3.58. The van der Waals surface area contributed by atoms with Gasteiger partial charge in [0.05, 0.1) is 20.8 Å². The van der Waals surface area contributed by atoms with E-state index in [-0.39, 0.29) is 44.8 Å². The van der Waals surface area contributed by atoms with Gasteiger partial charge in [-0.15, -0.1) is 0 Å². The fourth-order valence-corrected chi connectivity index (χ4v) is 3.60. The van der Waals surface area contributed by atoms with Gasteiger partial charge in [-0.3, -0.25) is 4.79 Å².